The van der Waals surface area contributed by atoms with Crippen LogP contribution in [0.15, 0.2) is 47.6 Å². The minimum absolute atomic E-state index is 0.0480. The van der Waals surface area contributed by atoms with Crippen molar-refractivity contribution in [3.05, 3.63) is 58.1 Å². The van der Waals surface area contributed by atoms with Gasteiger partial charge in [0.2, 0.25) is 0 Å². The van der Waals surface area contributed by atoms with Crippen LogP contribution in [0.2, 0.25) is 10.2 Å². The molecule has 0 fully saturated rings. The molecule has 0 aliphatic heterocycles. The predicted molar refractivity (Wildman–Crippen MR) is 72.7 cm³/mol. The first kappa shape index (κ1) is 13.5. The van der Waals surface area contributed by atoms with Crippen molar-refractivity contribution in [1.82, 2.24) is 4.73 Å². The SMILES string of the molecule is O=C(N=c1ccn(O)c(Cl)c1)Nc1ccccc1Cl. The molecule has 7 heteroatoms. The number of hydrogen-bond acceptors (Lipinski definition) is 2. The summed E-state index contributed by atoms with van der Waals surface area (Å²) < 4.78 is 0.715. The maximum Gasteiger partial charge on any atom is 0.345 e. The number of para-hydroxylation sites is 1. The second-order valence-electron chi connectivity index (χ2n) is 3.57. The lowest BCUT2D eigenvalue weighted by Gasteiger charge is -2.03. The number of aromatic nitrogens is 1. The van der Waals surface area contributed by atoms with E-state index in [-0.39, 0.29) is 5.15 Å². The van der Waals surface area contributed by atoms with Gasteiger partial charge in [-0.2, -0.15) is 9.72 Å². The van der Waals surface area contributed by atoms with Crippen molar-refractivity contribution in [3.8, 4) is 0 Å². The molecule has 0 saturated heterocycles. The van der Waals surface area contributed by atoms with E-state index in [1.54, 1.807) is 24.3 Å². The zero-order valence-corrected chi connectivity index (χ0v) is 11.1. The number of halogens is 2. The summed E-state index contributed by atoms with van der Waals surface area (Å²) in [6.07, 6.45) is 1.28. The molecule has 0 unspecified atom stereocenters. The molecule has 0 spiro atoms. The molecule has 5 nitrogen and oxygen atoms in total. The number of rotatable bonds is 1. The van der Waals surface area contributed by atoms with Gasteiger partial charge in [0.15, 0.2) is 0 Å². The van der Waals surface area contributed by atoms with Crippen LogP contribution in [0.1, 0.15) is 0 Å². The van der Waals surface area contributed by atoms with Gasteiger partial charge in [0.05, 0.1) is 16.1 Å². The number of benzene rings is 1. The van der Waals surface area contributed by atoms with E-state index in [0.717, 1.165) is 0 Å². The Morgan fingerprint density at radius 1 is 1.26 bits per heavy atom. The van der Waals surface area contributed by atoms with Crippen molar-refractivity contribution in [3.63, 3.8) is 0 Å². The fraction of sp³-hybridized carbons (Fsp3) is 0. The number of hydrogen-bond donors (Lipinski definition) is 2. The lowest BCUT2D eigenvalue weighted by Crippen LogP contribution is -2.13. The first-order valence-electron chi connectivity index (χ1n) is 5.24. The number of nitrogens with one attached hydrogen (secondary N) is 1. The quantitative estimate of drug-likeness (QED) is 0.627. The molecule has 98 valence electrons. The Balaban J connectivity index is 2.21. The van der Waals surface area contributed by atoms with Gasteiger partial charge in [0, 0.05) is 12.3 Å². The largest absolute Gasteiger partial charge is 0.428 e. The lowest BCUT2D eigenvalue weighted by molar-refractivity contribution is 0.185. The van der Waals surface area contributed by atoms with Crippen molar-refractivity contribution in [2.75, 3.05) is 5.32 Å². The highest BCUT2D eigenvalue weighted by Gasteiger charge is 2.03. The summed E-state index contributed by atoms with van der Waals surface area (Å²) in [4.78, 5) is 15.5. The lowest BCUT2D eigenvalue weighted by atomic mass is 10.3. The Bertz CT molecular complexity index is 683. The molecule has 2 aromatic rings. The summed E-state index contributed by atoms with van der Waals surface area (Å²) in [6.45, 7) is 0. The number of carbonyl (C=O) groups is 1. The summed E-state index contributed by atoms with van der Waals surface area (Å²) in [6, 6.07) is 9.04. The van der Waals surface area contributed by atoms with Crippen LogP contribution < -0.4 is 10.7 Å². The topological polar surface area (TPSA) is 66.6 Å². The maximum absolute atomic E-state index is 11.7. The third kappa shape index (κ3) is 3.49. The van der Waals surface area contributed by atoms with Crippen LogP contribution >= 0.6 is 23.2 Å². The predicted octanol–water partition coefficient (Wildman–Crippen LogP) is 3.17. The monoisotopic (exact) mass is 297 g/mol. The van der Waals surface area contributed by atoms with E-state index in [2.05, 4.69) is 10.3 Å². The van der Waals surface area contributed by atoms with Gasteiger partial charge in [-0.15, -0.1) is 0 Å². The Morgan fingerprint density at radius 3 is 2.68 bits per heavy atom. The van der Waals surface area contributed by atoms with E-state index in [4.69, 9.17) is 23.2 Å². The van der Waals surface area contributed by atoms with E-state index in [0.29, 0.717) is 20.8 Å². The maximum atomic E-state index is 11.7. The number of amides is 2. The van der Waals surface area contributed by atoms with Gasteiger partial charge in [-0.05, 0) is 18.2 Å². The minimum Gasteiger partial charge on any atom is -0.428 e. The van der Waals surface area contributed by atoms with E-state index in [1.807, 2.05) is 0 Å². The van der Waals surface area contributed by atoms with Crippen LogP contribution in [0.4, 0.5) is 10.5 Å². The molecule has 2 N–H and O–H groups in total. The fourth-order valence-corrected chi connectivity index (χ4v) is 1.70. The van der Waals surface area contributed by atoms with E-state index in [1.165, 1.54) is 18.3 Å². The molecule has 0 radical (unpaired) electrons. The highest BCUT2D eigenvalue weighted by atomic mass is 35.5. The standard InChI is InChI=1S/C12H9Cl2N3O2/c13-9-3-1-2-4-10(9)16-12(18)15-8-5-6-17(19)11(14)7-8/h1-7,19H,(H,16,18). The number of carbonyl (C=O) groups excluding carboxylic acids is 1. The average Bonchev–Trinajstić information content (AvgIpc) is 2.37. The molecule has 1 aromatic heterocycles. The summed E-state index contributed by atoms with van der Waals surface area (Å²) in [5.41, 5.74) is 0.470. The normalized spacial score (nSPS) is 11.4. The molecule has 2 rings (SSSR count). The summed E-state index contributed by atoms with van der Waals surface area (Å²) in [7, 11) is 0. The van der Waals surface area contributed by atoms with Crippen molar-refractivity contribution >= 4 is 34.9 Å². The van der Waals surface area contributed by atoms with Crippen LogP contribution in [0, 0.1) is 0 Å². The molecule has 0 atom stereocenters. The van der Waals surface area contributed by atoms with Crippen LogP contribution in [-0.2, 0) is 0 Å². The van der Waals surface area contributed by atoms with Gasteiger partial charge in [-0.1, -0.05) is 35.3 Å². The molecule has 2 amide bonds. The molecule has 0 aliphatic rings. The number of urea groups is 1. The summed E-state index contributed by atoms with van der Waals surface area (Å²) in [5.74, 6) is 0. The van der Waals surface area contributed by atoms with Crippen LogP contribution in [0.5, 0.6) is 0 Å². The van der Waals surface area contributed by atoms with Crippen molar-refractivity contribution in [2.45, 2.75) is 0 Å². The number of nitrogens with zero attached hydrogens (tertiary/aromatic N) is 2. The Hall–Kier alpha value is -1.98. The highest BCUT2D eigenvalue weighted by molar-refractivity contribution is 6.33. The molecular formula is C12H9Cl2N3O2. The van der Waals surface area contributed by atoms with Gasteiger partial charge in [0.1, 0.15) is 5.15 Å². The molecule has 0 aliphatic carbocycles. The molecule has 19 heavy (non-hydrogen) atoms. The molecule has 1 aromatic carbocycles. The highest BCUT2D eigenvalue weighted by Crippen LogP contribution is 2.20. The minimum atomic E-state index is -0.583. The second kappa shape index (κ2) is 5.77. The van der Waals surface area contributed by atoms with Crippen LogP contribution in [0.25, 0.3) is 0 Å². The Kier molecular flexibility index (Phi) is 4.09. The van der Waals surface area contributed by atoms with Gasteiger partial charge < -0.3 is 10.5 Å². The van der Waals surface area contributed by atoms with E-state index < -0.39 is 6.03 Å². The van der Waals surface area contributed by atoms with Crippen LogP contribution in [0.3, 0.4) is 0 Å². The van der Waals surface area contributed by atoms with Crippen molar-refractivity contribution < 1.29 is 10.0 Å². The van der Waals surface area contributed by atoms with Crippen molar-refractivity contribution in [1.29, 1.82) is 0 Å². The molecular weight excluding hydrogens is 289 g/mol. The first-order chi connectivity index (χ1) is 9.06. The third-order valence-electron chi connectivity index (χ3n) is 2.22. The fourth-order valence-electron chi connectivity index (χ4n) is 1.35. The zero-order valence-electron chi connectivity index (χ0n) is 9.55. The Labute approximate surface area is 118 Å². The molecule has 0 saturated carbocycles. The van der Waals surface area contributed by atoms with Gasteiger partial charge in [-0.3, -0.25) is 0 Å². The third-order valence-corrected chi connectivity index (χ3v) is 2.83. The van der Waals surface area contributed by atoms with Gasteiger partial charge in [-0.25, -0.2) is 4.79 Å². The van der Waals surface area contributed by atoms with Gasteiger partial charge in [0.25, 0.3) is 0 Å². The summed E-state index contributed by atoms with van der Waals surface area (Å²) in [5, 5.41) is 12.5. The first-order valence-corrected chi connectivity index (χ1v) is 5.99. The Morgan fingerprint density at radius 2 is 2.00 bits per heavy atom. The smallest absolute Gasteiger partial charge is 0.345 e. The number of pyridine rings is 1. The second-order valence-corrected chi connectivity index (χ2v) is 4.37. The average molecular weight is 298 g/mol. The molecule has 1 heterocycles. The van der Waals surface area contributed by atoms with Crippen LogP contribution in [-0.4, -0.2) is 16.0 Å². The van der Waals surface area contributed by atoms with Crippen molar-refractivity contribution in [2.24, 2.45) is 4.99 Å². The van der Waals surface area contributed by atoms with E-state index in [9.17, 15) is 10.0 Å². The zero-order chi connectivity index (χ0) is 13.8. The molecule has 0 bridgehead atoms. The van der Waals surface area contributed by atoms with Gasteiger partial charge >= 0.3 is 6.03 Å². The number of anilines is 1. The van der Waals surface area contributed by atoms with E-state index >= 15 is 0 Å². The summed E-state index contributed by atoms with van der Waals surface area (Å²) >= 11 is 11.6.